The van der Waals surface area contributed by atoms with E-state index in [0.717, 1.165) is 22.4 Å². The van der Waals surface area contributed by atoms with Gasteiger partial charge in [-0.25, -0.2) is 0 Å². The summed E-state index contributed by atoms with van der Waals surface area (Å²) in [5, 5.41) is 18.2. The Kier molecular flexibility index (Phi) is 5.14. The predicted octanol–water partition coefficient (Wildman–Crippen LogP) is 4.22. The van der Waals surface area contributed by atoms with Gasteiger partial charge < -0.3 is 9.73 Å². The second-order valence-corrected chi connectivity index (χ2v) is 7.86. The summed E-state index contributed by atoms with van der Waals surface area (Å²) in [6, 6.07) is 11.1. The highest BCUT2D eigenvalue weighted by Gasteiger charge is 2.20. The first-order valence-corrected chi connectivity index (χ1v) is 10.5. The Balaban J connectivity index is 1.64. The highest BCUT2D eigenvalue weighted by Crippen LogP contribution is 2.33. The predicted molar refractivity (Wildman–Crippen MR) is 125 cm³/mol. The minimum Gasteiger partial charge on any atom is -0.455 e. The molecule has 1 atom stereocenters. The quantitative estimate of drug-likeness (QED) is 0.417. The molecule has 1 aromatic carbocycles. The number of pyridine rings is 2. The van der Waals surface area contributed by atoms with Crippen LogP contribution in [0.3, 0.4) is 0 Å². The summed E-state index contributed by atoms with van der Waals surface area (Å²) in [7, 11) is 0. The fourth-order valence-corrected chi connectivity index (χ4v) is 3.93. The van der Waals surface area contributed by atoms with Crippen LogP contribution in [0.1, 0.15) is 29.7 Å². The van der Waals surface area contributed by atoms with Crippen LogP contribution in [0, 0.1) is 13.8 Å². The van der Waals surface area contributed by atoms with Crippen LogP contribution in [-0.2, 0) is 0 Å². The van der Waals surface area contributed by atoms with E-state index in [1.165, 1.54) is 0 Å². The summed E-state index contributed by atoms with van der Waals surface area (Å²) in [5.74, 6) is 0.909. The largest absolute Gasteiger partial charge is 0.455 e. The first-order chi connectivity index (χ1) is 16.0. The van der Waals surface area contributed by atoms with Gasteiger partial charge >= 0.3 is 0 Å². The monoisotopic (exact) mass is 439 g/mol. The molecule has 2 N–H and O–H groups in total. The maximum atomic E-state index is 13.3. The summed E-state index contributed by atoms with van der Waals surface area (Å²) in [6.45, 7) is 5.75. The van der Waals surface area contributed by atoms with Crippen molar-refractivity contribution in [2.45, 2.75) is 26.8 Å². The van der Waals surface area contributed by atoms with Crippen molar-refractivity contribution in [3.63, 3.8) is 0 Å². The Bertz CT molecular complexity index is 1500. The molecule has 9 nitrogen and oxygen atoms in total. The summed E-state index contributed by atoms with van der Waals surface area (Å²) in [5.41, 5.74) is 4.94. The number of H-pyrrole nitrogens is 1. The Hall–Kier alpha value is -4.40. The minimum atomic E-state index is -0.213. The minimum absolute atomic E-state index is 0.0545. The standard InChI is InChI=1S/C24H21N7O2/c1-13-10-17(15(3)27-19-7-5-9-26-20(19)24-28-30-31-29-24)23-18(11-13)21(32)14(2)22(33-23)16-6-4-8-25-12-16/h4-12,15,27H,1-3H3,(H,28,29,30,31)/t15-/m1/s1. The van der Waals surface area contributed by atoms with Crippen LogP contribution < -0.4 is 10.7 Å². The van der Waals surface area contributed by atoms with Crippen molar-refractivity contribution in [3.8, 4) is 22.8 Å². The zero-order valence-electron chi connectivity index (χ0n) is 18.3. The Labute approximate surface area is 188 Å². The number of tetrazole rings is 1. The number of hydrogen-bond donors (Lipinski definition) is 2. The Morgan fingerprint density at radius 3 is 2.73 bits per heavy atom. The Morgan fingerprint density at radius 1 is 1.12 bits per heavy atom. The second-order valence-electron chi connectivity index (χ2n) is 7.86. The first kappa shape index (κ1) is 20.5. The van der Waals surface area contributed by atoms with Gasteiger partial charge in [0.1, 0.15) is 17.0 Å². The van der Waals surface area contributed by atoms with Gasteiger partial charge in [-0.2, -0.15) is 5.21 Å². The molecule has 4 aromatic heterocycles. The van der Waals surface area contributed by atoms with Crippen LogP contribution >= 0.6 is 0 Å². The van der Waals surface area contributed by atoms with E-state index in [1.54, 1.807) is 25.5 Å². The number of rotatable bonds is 5. The molecule has 0 amide bonds. The van der Waals surface area contributed by atoms with Crippen LogP contribution in [0.25, 0.3) is 33.8 Å². The number of nitrogens with zero attached hydrogens (tertiary/aromatic N) is 5. The van der Waals surface area contributed by atoms with Gasteiger partial charge in [-0.05, 0) is 61.9 Å². The van der Waals surface area contributed by atoms with Gasteiger partial charge in [0.25, 0.3) is 0 Å². The molecule has 0 saturated heterocycles. The van der Waals surface area contributed by atoms with E-state index in [0.29, 0.717) is 33.8 Å². The van der Waals surface area contributed by atoms with Gasteiger partial charge in [0.15, 0.2) is 5.43 Å². The van der Waals surface area contributed by atoms with Crippen molar-refractivity contribution in [1.82, 2.24) is 30.6 Å². The van der Waals surface area contributed by atoms with Crippen LogP contribution in [0.15, 0.2) is 64.2 Å². The molecule has 164 valence electrons. The molecule has 0 radical (unpaired) electrons. The van der Waals surface area contributed by atoms with Gasteiger partial charge in [0, 0.05) is 35.3 Å². The van der Waals surface area contributed by atoms with E-state index >= 15 is 0 Å². The summed E-state index contributed by atoms with van der Waals surface area (Å²) in [4.78, 5) is 21.9. The average molecular weight is 439 g/mol. The lowest BCUT2D eigenvalue weighted by molar-refractivity contribution is 0.605. The lowest BCUT2D eigenvalue weighted by atomic mass is 9.99. The van der Waals surface area contributed by atoms with Gasteiger partial charge in [0.05, 0.1) is 17.1 Å². The highest BCUT2D eigenvalue weighted by atomic mass is 16.3. The fraction of sp³-hybridized carbons (Fsp3) is 0.167. The number of hydrogen-bond acceptors (Lipinski definition) is 8. The third-order valence-corrected chi connectivity index (χ3v) is 5.52. The zero-order valence-corrected chi connectivity index (χ0v) is 18.3. The lowest BCUT2D eigenvalue weighted by Gasteiger charge is -2.19. The van der Waals surface area contributed by atoms with Crippen LogP contribution in [0.4, 0.5) is 5.69 Å². The highest BCUT2D eigenvalue weighted by molar-refractivity contribution is 5.84. The molecule has 5 rings (SSSR count). The number of aromatic amines is 1. The molecule has 0 aliphatic heterocycles. The van der Waals surface area contributed by atoms with Gasteiger partial charge in [0.2, 0.25) is 5.82 Å². The topological polar surface area (TPSA) is 122 Å². The molecule has 0 aliphatic rings. The molecule has 0 saturated carbocycles. The Morgan fingerprint density at radius 2 is 1.97 bits per heavy atom. The average Bonchev–Trinajstić information content (AvgIpc) is 3.37. The van der Waals surface area contributed by atoms with Crippen molar-refractivity contribution < 1.29 is 4.42 Å². The molecule has 5 aromatic rings. The summed E-state index contributed by atoms with van der Waals surface area (Å²) >= 11 is 0. The second kappa shape index (κ2) is 8.27. The maximum absolute atomic E-state index is 13.3. The summed E-state index contributed by atoms with van der Waals surface area (Å²) in [6.07, 6.45) is 5.05. The molecule has 0 spiro atoms. The number of aryl methyl sites for hydroxylation is 1. The number of aromatic nitrogens is 6. The van der Waals surface area contributed by atoms with Crippen LogP contribution in [-0.4, -0.2) is 30.6 Å². The van der Waals surface area contributed by atoms with E-state index in [1.807, 2.05) is 50.2 Å². The molecule has 0 aliphatic carbocycles. The molecule has 9 heteroatoms. The number of anilines is 1. The maximum Gasteiger partial charge on any atom is 0.225 e. The molecule has 33 heavy (non-hydrogen) atoms. The third-order valence-electron chi connectivity index (χ3n) is 5.52. The normalized spacial score (nSPS) is 12.1. The number of nitrogens with one attached hydrogen (secondary N) is 2. The fourth-order valence-electron chi connectivity index (χ4n) is 3.93. The van der Waals surface area contributed by atoms with E-state index in [9.17, 15) is 4.79 Å². The van der Waals surface area contributed by atoms with Crippen LogP contribution in [0.5, 0.6) is 0 Å². The summed E-state index contributed by atoms with van der Waals surface area (Å²) < 4.78 is 6.37. The first-order valence-electron chi connectivity index (χ1n) is 10.5. The van der Waals surface area contributed by atoms with E-state index in [-0.39, 0.29) is 11.5 Å². The van der Waals surface area contributed by atoms with E-state index in [4.69, 9.17) is 4.42 Å². The van der Waals surface area contributed by atoms with Gasteiger partial charge in [-0.3, -0.25) is 14.8 Å². The van der Waals surface area contributed by atoms with Crippen molar-refractivity contribution in [2.24, 2.45) is 0 Å². The number of benzene rings is 1. The zero-order chi connectivity index (χ0) is 22.9. The van der Waals surface area contributed by atoms with Crippen LogP contribution in [0.2, 0.25) is 0 Å². The molecule has 0 unspecified atom stereocenters. The third kappa shape index (κ3) is 3.73. The number of fused-ring (bicyclic) bond motifs is 1. The molecule has 4 heterocycles. The van der Waals surface area contributed by atoms with Gasteiger partial charge in [-0.1, -0.05) is 6.07 Å². The smallest absolute Gasteiger partial charge is 0.225 e. The molecule has 0 bridgehead atoms. The van der Waals surface area contributed by atoms with Crippen molar-refractivity contribution in [1.29, 1.82) is 0 Å². The van der Waals surface area contributed by atoms with Crippen molar-refractivity contribution in [3.05, 3.63) is 81.9 Å². The van der Waals surface area contributed by atoms with Crippen molar-refractivity contribution in [2.75, 3.05) is 5.32 Å². The SMILES string of the molecule is Cc1cc([C@@H](C)Nc2cccnc2-c2nn[nH]n2)c2oc(-c3cccnc3)c(C)c(=O)c2c1. The van der Waals surface area contributed by atoms with E-state index in [2.05, 4.69) is 35.9 Å². The van der Waals surface area contributed by atoms with Gasteiger partial charge in [-0.15, -0.1) is 10.2 Å². The lowest BCUT2D eigenvalue weighted by Crippen LogP contribution is -2.13. The van der Waals surface area contributed by atoms with E-state index < -0.39 is 0 Å². The molecule has 0 fully saturated rings. The molecular weight excluding hydrogens is 418 g/mol. The molecular formula is C24H21N7O2. The van der Waals surface area contributed by atoms with Crippen molar-refractivity contribution >= 4 is 16.7 Å².